The van der Waals surface area contributed by atoms with Crippen molar-refractivity contribution in [2.45, 2.75) is 25.7 Å². The van der Waals surface area contributed by atoms with Gasteiger partial charge in [0.15, 0.2) is 0 Å². The molecule has 60 valence electrons. The van der Waals surface area contributed by atoms with E-state index in [-0.39, 0.29) is 12.4 Å². The third kappa shape index (κ3) is 4.25. The van der Waals surface area contributed by atoms with Crippen LogP contribution in [0.25, 0.3) is 0 Å². The molecule has 0 fully saturated rings. The molecule has 0 nitrogen and oxygen atoms in total. The fourth-order valence-corrected chi connectivity index (χ4v) is 1.36. The van der Waals surface area contributed by atoms with E-state index in [0.29, 0.717) is 0 Å². The molecule has 1 aliphatic rings. The Morgan fingerprint density at radius 2 is 1.80 bits per heavy atom. The van der Waals surface area contributed by atoms with Gasteiger partial charge in [-0.05, 0) is 0 Å². The Balaban J connectivity index is 0.000000810. The Morgan fingerprint density at radius 3 is 2.60 bits per heavy atom. The summed E-state index contributed by atoms with van der Waals surface area (Å²) in [5.41, 5.74) is 0. The van der Waals surface area contributed by atoms with Crippen LogP contribution in [-0.4, -0.2) is 0 Å². The molecule has 1 aliphatic carbocycles. The van der Waals surface area contributed by atoms with Crippen molar-refractivity contribution in [2.75, 3.05) is 0 Å². The Bertz CT molecular complexity index is 138. The first-order chi connectivity index (χ1) is 4.39. The Morgan fingerprint density at radius 1 is 1.10 bits per heavy atom. The monoisotopic (exact) mass is 246 g/mol. The molecule has 0 radical (unpaired) electrons. The van der Waals surface area contributed by atoms with Crippen molar-refractivity contribution in [3.05, 3.63) is 22.4 Å². The number of rotatable bonds is 0. The van der Waals surface area contributed by atoms with Crippen LogP contribution in [0.2, 0.25) is 0 Å². The van der Waals surface area contributed by atoms with Crippen molar-refractivity contribution in [3.63, 3.8) is 0 Å². The van der Waals surface area contributed by atoms with Gasteiger partial charge in [-0.15, -0.1) is 12.4 Å². The number of hydrogen-bond donors (Lipinski definition) is 0. The summed E-state index contributed by atoms with van der Waals surface area (Å²) in [6, 6.07) is 0. The number of hydrogen-bond acceptors (Lipinski definition) is 0. The van der Waals surface area contributed by atoms with Gasteiger partial charge in [0.25, 0.3) is 0 Å². The van der Waals surface area contributed by atoms with E-state index in [2.05, 4.69) is 36.5 Å². The van der Waals surface area contributed by atoms with E-state index < -0.39 is 0 Å². The van der Waals surface area contributed by atoms with Crippen LogP contribution in [0.4, 0.5) is 0 Å². The van der Waals surface area contributed by atoms with Gasteiger partial charge in [-0.2, -0.15) is 0 Å². The SMILES string of the molecule is Cl.[Rh][C]1=CCCC=CCC1. The van der Waals surface area contributed by atoms with E-state index in [1.54, 1.807) is 0 Å². The quantitative estimate of drug-likeness (QED) is 0.455. The predicted molar refractivity (Wildman–Crippen MR) is 42.9 cm³/mol. The summed E-state index contributed by atoms with van der Waals surface area (Å²) in [7, 11) is 0. The number of halogens is 1. The van der Waals surface area contributed by atoms with Crippen molar-refractivity contribution in [3.8, 4) is 0 Å². The molecule has 0 heterocycles. The molecule has 0 aromatic carbocycles. The second-order valence-corrected chi connectivity index (χ2v) is 3.26. The zero-order valence-electron chi connectivity index (χ0n) is 5.80. The molecule has 0 atom stereocenters. The molecular formula is C8H12ClRh. The fraction of sp³-hybridized carbons (Fsp3) is 0.500. The van der Waals surface area contributed by atoms with Gasteiger partial charge >= 0.3 is 66.4 Å². The van der Waals surface area contributed by atoms with E-state index in [1.165, 1.54) is 29.9 Å². The van der Waals surface area contributed by atoms with E-state index in [1.807, 2.05) is 0 Å². The first kappa shape index (κ1) is 10.4. The molecule has 0 aromatic heterocycles. The first-order valence-corrected chi connectivity index (χ1v) is 4.19. The van der Waals surface area contributed by atoms with Crippen molar-refractivity contribution >= 4 is 12.4 Å². The number of allylic oxidation sites excluding steroid dienone is 4. The van der Waals surface area contributed by atoms with E-state index >= 15 is 0 Å². The Kier molecular flexibility index (Phi) is 6.37. The van der Waals surface area contributed by atoms with Crippen LogP contribution < -0.4 is 0 Å². The van der Waals surface area contributed by atoms with Crippen molar-refractivity contribution in [1.29, 1.82) is 0 Å². The summed E-state index contributed by atoms with van der Waals surface area (Å²) in [5.74, 6) is 0. The second-order valence-electron chi connectivity index (χ2n) is 2.21. The Labute approximate surface area is 78.9 Å². The molecule has 0 saturated heterocycles. The molecule has 0 saturated carbocycles. The zero-order valence-corrected chi connectivity index (χ0v) is 8.26. The maximum absolute atomic E-state index is 2.97. The first-order valence-electron chi connectivity index (χ1n) is 3.37. The van der Waals surface area contributed by atoms with Gasteiger partial charge in [0.1, 0.15) is 0 Å². The second kappa shape index (κ2) is 6.13. The third-order valence-electron chi connectivity index (χ3n) is 1.40. The molecule has 0 amide bonds. The van der Waals surface area contributed by atoms with Gasteiger partial charge < -0.3 is 0 Å². The van der Waals surface area contributed by atoms with Gasteiger partial charge in [-0.25, -0.2) is 0 Å². The molecule has 0 aromatic rings. The molecule has 0 aliphatic heterocycles. The molecule has 0 unspecified atom stereocenters. The maximum atomic E-state index is 2.97. The standard InChI is InChI=1S/C8H11.ClH.Rh/c1-2-4-6-8-7-5-3-1;;/h1-2,7H,3-6H2;1H;. The van der Waals surface area contributed by atoms with E-state index in [0.717, 1.165) is 0 Å². The van der Waals surface area contributed by atoms with Gasteiger partial charge in [0.2, 0.25) is 0 Å². The molecule has 2 heteroatoms. The average Bonchev–Trinajstić information content (AvgIpc) is 1.79. The normalized spacial score (nSPS) is 18.4. The van der Waals surface area contributed by atoms with Crippen LogP contribution in [0.5, 0.6) is 0 Å². The summed E-state index contributed by atoms with van der Waals surface area (Å²) in [4.78, 5) is 0. The van der Waals surface area contributed by atoms with Gasteiger partial charge in [0, 0.05) is 0 Å². The minimum atomic E-state index is 0. The van der Waals surface area contributed by atoms with Crippen LogP contribution in [0.15, 0.2) is 22.4 Å². The zero-order chi connectivity index (χ0) is 6.53. The van der Waals surface area contributed by atoms with Crippen molar-refractivity contribution in [2.24, 2.45) is 0 Å². The van der Waals surface area contributed by atoms with Crippen LogP contribution in [0.1, 0.15) is 25.7 Å². The molecular weight excluding hydrogens is 234 g/mol. The average molecular weight is 247 g/mol. The van der Waals surface area contributed by atoms with Crippen LogP contribution in [0, 0.1) is 0 Å². The van der Waals surface area contributed by atoms with Gasteiger partial charge in [-0.1, -0.05) is 0 Å². The topological polar surface area (TPSA) is 0 Å². The summed E-state index contributed by atoms with van der Waals surface area (Å²) in [6.07, 6.45) is 11.7. The Hall–Kier alpha value is 0.393. The molecule has 0 N–H and O–H groups in total. The van der Waals surface area contributed by atoms with Crippen molar-refractivity contribution < 1.29 is 18.3 Å². The van der Waals surface area contributed by atoms with Crippen LogP contribution in [0.3, 0.4) is 0 Å². The summed E-state index contributed by atoms with van der Waals surface area (Å²) >= 11 is 2.97. The van der Waals surface area contributed by atoms with Crippen LogP contribution in [-0.2, 0) is 18.3 Å². The molecule has 0 spiro atoms. The summed E-state index contributed by atoms with van der Waals surface area (Å²) < 4.78 is 1.44. The summed E-state index contributed by atoms with van der Waals surface area (Å²) in [6.45, 7) is 0. The van der Waals surface area contributed by atoms with E-state index in [9.17, 15) is 0 Å². The van der Waals surface area contributed by atoms with Gasteiger partial charge in [-0.3, -0.25) is 0 Å². The van der Waals surface area contributed by atoms with Gasteiger partial charge in [0.05, 0.1) is 0 Å². The predicted octanol–water partition coefficient (Wildman–Crippen LogP) is 2.97. The molecule has 0 bridgehead atoms. The van der Waals surface area contributed by atoms with E-state index in [4.69, 9.17) is 0 Å². The van der Waals surface area contributed by atoms with Crippen LogP contribution >= 0.6 is 12.4 Å². The molecule has 10 heavy (non-hydrogen) atoms. The van der Waals surface area contributed by atoms with Crippen molar-refractivity contribution in [1.82, 2.24) is 0 Å². The third-order valence-corrected chi connectivity index (χ3v) is 2.14. The summed E-state index contributed by atoms with van der Waals surface area (Å²) in [5, 5.41) is 0. The molecule has 1 rings (SSSR count). The fourth-order valence-electron chi connectivity index (χ4n) is 0.882. The minimum absolute atomic E-state index is 0.